The fourth-order valence-electron chi connectivity index (χ4n) is 1.57. The molecule has 120 valence electrons. The SMILES string of the molecule is O=C(CCNc1n[nH]c(=O)[nH]c1=O)N/N=C/c1ccccc1F. The number of hydrogen-bond donors (Lipinski definition) is 4. The van der Waals surface area contributed by atoms with Gasteiger partial charge in [-0.2, -0.15) is 5.10 Å². The van der Waals surface area contributed by atoms with Gasteiger partial charge in [0, 0.05) is 18.5 Å². The lowest BCUT2D eigenvalue weighted by atomic mass is 10.2. The number of carbonyl (C=O) groups excluding carboxylic acids is 1. The number of aromatic amines is 2. The molecule has 0 bridgehead atoms. The lowest BCUT2D eigenvalue weighted by molar-refractivity contribution is -0.120. The molecule has 2 aromatic rings. The van der Waals surface area contributed by atoms with Crippen molar-refractivity contribution in [1.29, 1.82) is 0 Å². The molecular weight excluding hydrogens is 307 g/mol. The molecule has 10 heteroatoms. The van der Waals surface area contributed by atoms with E-state index < -0.39 is 23.0 Å². The average molecular weight is 320 g/mol. The number of aromatic nitrogens is 3. The molecule has 1 aromatic heterocycles. The van der Waals surface area contributed by atoms with E-state index in [9.17, 15) is 18.8 Å². The highest BCUT2D eigenvalue weighted by Gasteiger charge is 2.04. The van der Waals surface area contributed by atoms with Gasteiger partial charge in [-0.3, -0.25) is 14.6 Å². The summed E-state index contributed by atoms with van der Waals surface area (Å²) in [5, 5.41) is 11.8. The van der Waals surface area contributed by atoms with Gasteiger partial charge in [0.1, 0.15) is 5.82 Å². The fourth-order valence-corrected chi connectivity index (χ4v) is 1.57. The number of nitrogens with zero attached hydrogens (tertiary/aromatic N) is 2. The second kappa shape index (κ2) is 7.64. The molecule has 2 rings (SSSR count). The number of amides is 1. The Morgan fingerprint density at radius 2 is 2.13 bits per heavy atom. The topological polar surface area (TPSA) is 132 Å². The molecule has 23 heavy (non-hydrogen) atoms. The van der Waals surface area contributed by atoms with Gasteiger partial charge >= 0.3 is 5.69 Å². The zero-order valence-corrected chi connectivity index (χ0v) is 11.8. The molecule has 0 aliphatic carbocycles. The molecule has 0 spiro atoms. The third-order valence-electron chi connectivity index (χ3n) is 2.65. The van der Waals surface area contributed by atoms with Crippen LogP contribution in [0.25, 0.3) is 0 Å². The second-order valence-corrected chi connectivity index (χ2v) is 4.35. The van der Waals surface area contributed by atoms with Crippen LogP contribution < -0.4 is 22.0 Å². The van der Waals surface area contributed by atoms with Crippen molar-refractivity contribution in [2.45, 2.75) is 6.42 Å². The van der Waals surface area contributed by atoms with Gasteiger partial charge in [-0.1, -0.05) is 18.2 Å². The number of rotatable bonds is 6. The second-order valence-electron chi connectivity index (χ2n) is 4.35. The molecule has 1 amide bonds. The summed E-state index contributed by atoms with van der Waals surface area (Å²) >= 11 is 0. The summed E-state index contributed by atoms with van der Waals surface area (Å²) in [4.78, 5) is 35.6. The van der Waals surface area contributed by atoms with E-state index in [0.717, 1.165) is 0 Å². The summed E-state index contributed by atoms with van der Waals surface area (Å²) in [6.45, 7) is 0.100. The number of hydrazone groups is 1. The van der Waals surface area contributed by atoms with E-state index >= 15 is 0 Å². The minimum atomic E-state index is -0.722. The number of H-pyrrole nitrogens is 2. The quantitative estimate of drug-likeness (QED) is 0.423. The molecule has 0 unspecified atom stereocenters. The van der Waals surface area contributed by atoms with E-state index in [1.807, 2.05) is 4.98 Å². The van der Waals surface area contributed by atoms with Crippen LogP contribution in [0.4, 0.5) is 10.2 Å². The van der Waals surface area contributed by atoms with Crippen LogP contribution in [-0.4, -0.2) is 33.8 Å². The average Bonchev–Trinajstić information content (AvgIpc) is 2.51. The summed E-state index contributed by atoms with van der Waals surface area (Å²) in [5.41, 5.74) is 1.06. The minimum absolute atomic E-state index is 0.00510. The van der Waals surface area contributed by atoms with Crippen LogP contribution in [-0.2, 0) is 4.79 Å². The number of anilines is 1. The van der Waals surface area contributed by atoms with Crippen molar-refractivity contribution in [2.75, 3.05) is 11.9 Å². The van der Waals surface area contributed by atoms with Crippen LogP contribution in [0.5, 0.6) is 0 Å². The standard InChI is InChI=1S/C13H13FN6O3/c14-9-4-2-1-3-8(9)7-16-18-10(21)5-6-15-11-12(22)17-13(23)20-19-11/h1-4,7H,5-6H2,(H,15,19)(H,18,21)(H2,17,20,22,23)/b16-7+. The van der Waals surface area contributed by atoms with Crippen molar-refractivity contribution in [3.8, 4) is 0 Å². The number of carbonyl (C=O) groups is 1. The highest BCUT2D eigenvalue weighted by Crippen LogP contribution is 2.02. The maximum atomic E-state index is 13.3. The molecule has 0 fully saturated rings. The van der Waals surface area contributed by atoms with Gasteiger partial charge in [0.2, 0.25) is 11.7 Å². The first-order valence-electron chi connectivity index (χ1n) is 6.55. The fraction of sp³-hybridized carbons (Fsp3) is 0.154. The summed E-state index contributed by atoms with van der Waals surface area (Å²) in [7, 11) is 0. The summed E-state index contributed by atoms with van der Waals surface area (Å²) in [5.74, 6) is -0.992. The number of benzene rings is 1. The smallest absolute Gasteiger partial charge is 0.342 e. The van der Waals surface area contributed by atoms with Crippen LogP contribution in [0.1, 0.15) is 12.0 Å². The summed E-state index contributed by atoms with van der Waals surface area (Å²) in [6, 6.07) is 5.98. The van der Waals surface area contributed by atoms with E-state index in [1.165, 1.54) is 18.3 Å². The van der Waals surface area contributed by atoms with Gasteiger partial charge < -0.3 is 5.32 Å². The van der Waals surface area contributed by atoms with Gasteiger partial charge in [0.25, 0.3) is 5.56 Å². The van der Waals surface area contributed by atoms with Gasteiger partial charge in [-0.05, 0) is 6.07 Å². The van der Waals surface area contributed by atoms with Gasteiger partial charge in [-0.15, -0.1) is 5.10 Å². The van der Waals surface area contributed by atoms with Crippen LogP contribution in [0, 0.1) is 5.82 Å². The number of nitrogens with one attached hydrogen (secondary N) is 4. The van der Waals surface area contributed by atoms with Crippen molar-refractivity contribution in [3.05, 3.63) is 56.5 Å². The minimum Gasteiger partial charge on any atom is -0.364 e. The molecule has 0 radical (unpaired) electrons. The Kier molecular flexibility index (Phi) is 5.34. The molecule has 1 aromatic carbocycles. The zero-order valence-electron chi connectivity index (χ0n) is 11.8. The molecule has 0 saturated heterocycles. The number of halogens is 1. The van der Waals surface area contributed by atoms with Gasteiger partial charge in [0.15, 0.2) is 0 Å². The Labute approximate surface area is 128 Å². The Bertz CT molecular complexity index is 829. The van der Waals surface area contributed by atoms with Crippen LogP contribution in [0.15, 0.2) is 39.0 Å². The first kappa shape index (κ1) is 16.1. The van der Waals surface area contributed by atoms with Crippen molar-refractivity contribution >= 4 is 17.9 Å². The van der Waals surface area contributed by atoms with Gasteiger partial charge in [-0.25, -0.2) is 19.7 Å². The number of hydrogen-bond acceptors (Lipinski definition) is 6. The lowest BCUT2D eigenvalue weighted by Crippen LogP contribution is -2.28. The van der Waals surface area contributed by atoms with Crippen molar-refractivity contribution < 1.29 is 9.18 Å². The predicted molar refractivity (Wildman–Crippen MR) is 80.7 cm³/mol. The van der Waals surface area contributed by atoms with E-state index in [2.05, 4.69) is 26.0 Å². The lowest BCUT2D eigenvalue weighted by Gasteiger charge is -2.02. The third-order valence-corrected chi connectivity index (χ3v) is 2.65. The Balaban J connectivity index is 1.78. The van der Waals surface area contributed by atoms with Crippen molar-refractivity contribution in [3.63, 3.8) is 0 Å². The first-order chi connectivity index (χ1) is 11.1. The largest absolute Gasteiger partial charge is 0.364 e. The Morgan fingerprint density at radius 1 is 1.35 bits per heavy atom. The summed E-state index contributed by atoms with van der Waals surface area (Å²) < 4.78 is 13.3. The molecule has 0 atom stereocenters. The maximum Gasteiger partial charge on any atom is 0.342 e. The Morgan fingerprint density at radius 3 is 2.87 bits per heavy atom. The molecule has 9 nitrogen and oxygen atoms in total. The molecule has 1 heterocycles. The Hall–Kier alpha value is -3.30. The van der Waals surface area contributed by atoms with E-state index in [0.29, 0.717) is 0 Å². The van der Waals surface area contributed by atoms with Crippen molar-refractivity contribution in [2.24, 2.45) is 5.10 Å². The normalized spacial score (nSPS) is 10.7. The van der Waals surface area contributed by atoms with E-state index in [1.54, 1.807) is 12.1 Å². The highest BCUT2D eigenvalue weighted by atomic mass is 19.1. The van der Waals surface area contributed by atoms with Crippen LogP contribution in [0.2, 0.25) is 0 Å². The van der Waals surface area contributed by atoms with Crippen molar-refractivity contribution in [1.82, 2.24) is 20.6 Å². The van der Waals surface area contributed by atoms with Crippen LogP contribution >= 0.6 is 0 Å². The predicted octanol–water partition coefficient (Wildman–Crippen LogP) is -0.450. The van der Waals surface area contributed by atoms with E-state index in [4.69, 9.17) is 0 Å². The molecule has 0 aliphatic heterocycles. The molecular formula is C13H13FN6O3. The van der Waals surface area contributed by atoms with Gasteiger partial charge in [0.05, 0.1) is 6.21 Å². The summed E-state index contributed by atoms with van der Waals surface area (Å²) in [6.07, 6.45) is 1.18. The monoisotopic (exact) mass is 320 g/mol. The van der Waals surface area contributed by atoms with E-state index in [-0.39, 0.29) is 24.3 Å². The molecule has 4 N–H and O–H groups in total. The molecule has 0 saturated carbocycles. The van der Waals surface area contributed by atoms with Crippen LogP contribution in [0.3, 0.4) is 0 Å². The highest BCUT2D eigenvalue weighted by molar-refractivity contribution is 5.82. The first-order valence-corrected chi connectivity index (χ1v) is 6.55. The maximum absolute atomic E-state index is 13.3. The zero-order chi connectivity index (χ0) is 16.7. The third kappa shape index (κ3) is 4.88. The molecule has 0 aliphatic rings.